The van der Waals surface area contributed by atoms with Crippen molar-refractivity contribution >= 4 is 11.8 Å². The number of aliphatic carboxylic acids is 1. The SMILES string of the molecule is C=CCN(CC=C)CC(CC(=O)O)C(=O)c1ccccc1. The highest BCUT2D eigenvalue weighted by Gasteiger charge is 2.24. The lowest BCUT2D eigenvalue weighted by Crippen LogP contribution is -2.35. The maximum absolute atomic E-state index is 12.5. The number of Topliss-reactive ketones (excluding diaryl/α,β-unsaturated/α-hetero) is 1. The van der Waals surface area contributed by atoms with Crippen molar-refractivity contribution in [3.63, 3.8) is 0 Å². The molecule has 1 N–H and O–H groups in total. The van der Waals surface area contributed by atoms with Crippen molar-refractivity contribution < 1.29 is 14.7 Å². The summed E-state index contributed by atoms with van der Waals surface area (Å²) in [5.41, 5.74) is 0.543. The predicted molar refractivity (Wildman–Crippen MR) is 83.3 cm³/mol. The summed E-state index contributed by atoms with van der Waals surface area (Å²) in [6.07, 6.45) is 3.28. The lowest BCUT2D eigenvalue weighted by atomic mass is 9.94. The molecule has 0 aliphatic carbocycles. The fraction of sp³-hybridized carbons (Fsp3) is 0.294. The molecule has 1 atom stereocenters. The summed E-state index contributed by atoms with van der Waals surface area (Å²) < 4.78 is 0. The third-order valence-electron chi connectivity index (χ3n) is 3.10. The van der Waals surface area contributed by atoms with Gasteiger partial charge in [0.2, 0.25) is 0 Å². The van der Waals surface area contributed by atoms with Crippen LogP contribution in [-0.2, 0) is 4.79 Å². The molecular weight excluding hydrogens is 266 g/mol. The second-order valence-corrected chi connectivity index (χ2v) is 4.82. The third kappa shape index (κ3) is 5.75. The Morgan fingerprint density at radius 2 is 1.71 bits per heavy atom. The lowest BCUT2D eigenvalue weighted by Gasteiger charge is -2.24. The summed E-state index contributed by atoms with van der Waals surface area (Å²) >= 11 is 0. The van der Waals surface area contributed by atoms with E-state index in [9.17, 15) is 9.59 Å². The van der Waals surface area contributed by atoms with Gasteiger partial charge in [-0.2, -0.15) is 0 Å². The molecule has 0 aliphatic heterocycles. The van der Waals surface area contributed by atoms with Crippen LogP contribution < -0.4 is 0 Å². The van der Waals surface area contributed by atoms with Crippen LogP contribution in [0.1, 0.15) is 16.8 Å². The van der Waals surface area contributed by atoms with Gasteiger partial charge in [-0.15, -0.1) is 13.2 Å². The molecular formula is C17H21NO3. The summed E-state index contributed by atoms with van der Waals surface area (Å²) in [7, 11) is 0. The van der Waals surface area contributed by atoms with Gasteiger partial charge in [0, 0.05) is 31.1 Å². The van der Waals surface area contributed by atoms with Crippen LogP contribution in [0.3, 0.4) is 0 Å². The topological polar surface area (TPSA) is 57.6 Å². The second kappa shape index (κ2) is 8.87. The van der Waals surface area contributed by atoms with Gasteiger partial charge < -0.3 is 5.11 Å². The van der Waals surface area contributed by atoms with Crippen molar-refractivity contribution in [1.29, 1.82) is 0 Å². The number of rotatable bonds is 10. The standard InChI is InChI=1S/C17H21NO3/c1-3-10-18(11-4-2)13-15(12-16(19)20)17(21)14-8-6-5-7-9-14/h3-9,15H,1-2,10-13H2,(H,19,20). The van der Waals surface area contributed by atoms with Crippen LogP contribution in [0.2, 0.25) is 0 Å². The minimum absolute atomic E-state index is 0.142. The fourth-order valence-electron chi connectivity index (χ4n) is 2.19. The highest BCUT2D eigenvalue weighted by Crippen LogP contribution is 2.15. The van der Waals surface area contributed by atoms with Crippen LogP contribution >= 0.6 is 0 Å². The number of benzene rings is 1. The molecule has 21 heavy (non-hydrogen) atoms. The Labute approximate surface area is 125 Å². The number of nitrogens with zero attached hydrogens (tertiary/aromatic N) is 1. The van der Waals surface area contributed by atoms with Crippen molar-refractivity contribution in [3.05, 3.63) is 61.2 Å². The quantitative estimate of drug-likeness (QED) is 0.531. The first-order chi connectivity index (χ1) is 10.1. The van der Waals surface area contributed by atoms with E-state index in [0.29, 0.717) is 25.2 Å². The number of carbonyl (C=O) groups is 2. The Kier molecular flexibility index (Phi) is 7.12. The number of hydrogen-bond donors (Lipinski definition) is 1. The summed E-state index contributed by atoms with van der Waals surface area (Å²) in [6.45, 7) is 8.90. The Balaban J connectivity index is 2.88. The minimum Gasteiger partial charge on any atom is -0.481 e. The van der Waals surface area contributed by atoms with E-state index in [1.165, 1.54) is 0 Å². The summed E-state index contributed by atoms with van der Waals surface area (Å²) in [6, 6.07) is 8.79. The molecule has 4 heteroatoms. The van der Waals surface area contributed by atoms with E-state index in [2.05, 4.69) is 13.2 Å². The van der Waals surface area contributed by atoms with Crippen molar-refractivity contribution in [3.8, 4) is 0 Å². The van der Waals surface area contributed by atoms with E-state index in [1.54, 1.807) is 36.4 Å². The summed E-state index contributed by atoms with van der Waals surface area (Å²) in [5.74, 6) is -1.69. The van der Waals surface area contributed by atoms with Crippen LogP contribution in [0, 0.1) is 5.92 Å². The highest BCUT2D eigenvalue weighted by atomic mass is 16.4. The molecule has 0 aliphatic rings. The van der Waals surface area contributed by atoms with E-state index < -0.39 is 11.9 Å². The van der Waals surface area contributed by atoms with Gasteiger partial charge >= 0.3 is 5.97 Å². The minimum atomic E-state index is -0.971. The average molecular weight is 287 g/mol. The normalized spacial score (nSPS) is 11.9. The van der Waals surface area contributed by atoms with Crippen molar-refractivity contribution in [1.82, 2.24) is 4.90 Å². The molecule has 0 heterocycles. The molecule has 1 unspecified atom stereocenters. The predicted octanol–water partition coefficient (Wildman–Crippen LogP) is 2.63. The Morgan fingerprint density at radius 3 is 2.19 bits per heavy atom. The molecule has 0 bridgehead atoms. The summed E-state index contributed by atoms with van der Waals surface area (Å²) in [4.78, 5) is 25.5. The van der Waals surface area contributed by atoms with Crippen molar-refractivity contribution in [2.75, 3.05) is 19.6 Å². The molecule has 0 spiro atoms. The van der Waals surface area contributed by atoms with Crippen molar-refractivity contribution in [2.45, 2.75) is 6.42 Å². The number of hydrogen-bond acceptors (Lipinski definition) is 3. The van der Waals surface area contributed by atoms with Gasteiger partial charge in [0.1, 0.15) is 0 Å². The fourth-order valence-corrected chi connectivity index (χ4v) is 2.19. The van der Waals surface area contributed by atoms with Gasteiger partial charge in [0.05, 0.1) is 6.42 Å². The Bertz CT molecular complexity index is 486. The molecule has 0 fully saturated rings. The molecule has 0 saturated carbocycles. The van der Waals surface area contributed by atoms with E-state index in [0.717, 1.165) is 0 Å². The zero-order valence-electron chi connectivity index (χ0n) is 12.1. The van der Waals surface area contributed by atoms with Gasteiger partial charge in [-0.25, -0.2) is 0 Å². The van der Waals surface area contributed by atoms with E-state index in [4.69, 9.17) is 5.11 Å². The van der Waals surface area contributed by atoms with Crippen LogP contribution in [0.4, 0.5) is 0 Å². The average Bonchev–Trinajstić information content (AvgIpc) is 2.47. The molecule has 112 valence electrons. The molecule has 1 aromatic rings. The highest BCUT2D eigenvalue weighted by molar-refractivity contribution is 5.99. The monoisotopic (exact) mass is 287 g/mol. The molecule has 0 saturated heterocycles. The second-order valence-electron chi connectivity index (χ2n) is 4.82. The van der Waals surface area contributed by atoms with E-state index in [-0.39, 0.29) is 12.2 Å². The van der Waals surface area contributed by atoms with Gasteiger partial charge in [0.15, 0.2) is 5.78 Å². The van der Waals surface area contributed by atoms with Crippen LogP contribution in [-0.4, -0.2) is 41.4 Å². The third-order valence-corrected chi connectivity index (χ3v) is 3.10. The molecule has 0 radical (unpaired) electrons. The van der Waals surface area contributed by atoms with E-state index in [1.807, 2.05) is 11.0 Å². The first-order valence-corrected chi connectivity index (χ1v) is 6.83. The lowest BCUT2D eigenvalue weighted by molar-refractivity contribution is -0.137. The van der Waals surface area contributed by atoms with Crippen molar-refractivity contribution in [2.24, 2.45) is 5.92 Å². The Morgan fingerprint density at radius 1 is 1.14 bits per heavy atom. The first-order valence-electron chi connectivity index (χ1n) is 6.83. The number of ketones is 1. The number of carbonyl (C=O) groups excluding carboxylic acids is 1. The van der Waals surface area contributed by atoms with Crippen LogP contribution in [0.15, 0.2) is 55.6 Å². The number of carboxylic acid groups (broad SMARTS) is 1. The largest absolute Gasteiger partial charge is 0.481 e. The molecule has 1 rings (SSSR count). The maximum atomic E-state index is 12.5. The Hall–Kier alpha value is -2.20. The van der Waals surface area contributed by atoms with Gasteiger partial charge in [-0.1, -0.05) is 42.5 Å². The maximum Gasteiger partial charge on any atom is 0.304 e. The van der Waals surface area contributed by atoms with Gasteiger partial charge in [0.25, 0.3) is 0 Å². The molecule has 0 aromatic heterocycles. The molecule has 1 aromatic carbocycles. The molecule has 4 nitrogen and oxygen atoms in total. The zero-order valence-corrected chi connectivity index (χ0v) is 12.1. The van der Waals surface area contributed by atoms with E-state index >= 15 is 0 Å². The van der Waals surface area contributed by atoms with Crippen LogP contribution in [0.25, 0.3) is 0 Å². The number of carboxylic acids is 1. The smallest absolute Gasteiger partial charge is 0.304 e. The van der Waals surface area contributed by atoms with Crippen LogP contribution in [0.5, 0.6) is 0 Å². The van der Waals surface area contributed by atoms with Gasteiger partial charge in [-0.05, 0) is 0 Å². The van der Waals surface area contributed by atoms with Gasteiger partial charge in [-0.3, -0.25) is 14.5 Å². The molecule has 0 amide bonds. The first kappa shape index (κ1) is 16.9. The zero-order chi connectivity index (χ0) is 15.7. The summed E-state index contributed by atoms with van der Waals surface area (Å²) in [5, 5.41) is 9.04.